The summed E-state index contributed by atoms with van der Waals surface area (Å²) < 4.78 is 1.59. The van der Waals surface area contributed by atoms with E-state index in [1.807, 2.05) is 24.3 Å². The predicted octanol–water partition coefficient (Wildman–Crippen LogP) is -0.433. The van der Waals surface area contributed by atoms with Gasteiger partial charge in [-0.1, -0.05) is 18.2 Å². The van der Waals surface area contributed by atoms with Crippen LogP contribution in [-0.4, -0.2) is 28.3 Å². The predicted molar refractivity (Wildman–Crippen MR) is 68.1 cm³/mol. The van der Waals surface area contributed by atoms with E-state index in [0.29, 0.717) is 5.69 Å². The van der Waals surface area contributed by atoms with E-state index >= 15 is 0 Å². The van der Waals surface area contributed by atoms with Crippen LogP contribution in [0.15, 0.2) is 24.3 Å². The summed E-state index contributed by atoms with van der Waals surface area (Å²) in [6, 6.07) is 6.87. The molecule has 0 spiro atoms. The molecule has 1 aromatic heterocycles. The fourth-order valence-corrected chi connectivity index (χ4v) is 2.55. The van der Waals surface area contributed by atoms with Crippen LogP contribution in [-0.2, 0) is 17.4 Å². The minimum absolute atomic E-state index is 0.0336. The molecule has 2 heterocycles. The van der Waals surface area contributed by atoms with E-state index in [4.69, 9.17) is 5.73 Å². The lowest BCUT2D eigenvalue weighted by atomic mass is 9.92. The van der Waals surface area contributed by atoms with E-state index in [0.717, 1.165) is 10.9 Å². The second-order valence-electron chi connectivity index (χ2n) is 4.51. The van der Waals surface area contributed by atoms with Crippen LogP contribution in [0, 0.1) is 0 Å². The quantitative estimate of drug-likeness (QED) is 0.637. The number of carbonyl (C=O) groups excluding carboxylic acids is 2. The van der Waals surface area contributed by atoms with E-state index in [2.05, 4.69) is 15.7 Å². The lowest BCUT2D eigenvalue weighted by Crippen LogP contribution is -2.51. The van der Waals surface area contributed by atoms with Gasteiger partial charge in [0.1, 0.15) is 0 Å². The number of aromatic nitrogens is 2. The maximum absolute atomic E-state index is 12.1. The molecule has 1 atom stereocenters. The number of fused-ring (bicyclic) bond motifs is 1. The first kappa shape index (κ1) is 11.7. The first-order valence-electron chi connectivity index (χ1n) is 5.84. The number of benzene rings is 1. The van der Waals surface area contributed by atoms with Crippen LogP contribution in [0.4, 0.5) is 4.79 Å². The molecule has 2 aromatic rings. The van der Waals surface area contributed by atoms with Crippen LogP contribution in [0.2, 0.25) is 0 Å². The third-order valence-corrected chi connectivity index (χ3v) is 3.39. The highest BCUT2D eigenvalue weighted by atomic mass is 16.2. The number of nitrogens with two attached hydrogens (primary N) is 1. The summed E-state index contributed by atoms with van der Waals surface area (Å²) >= 11 is 0. The van der Waals surface area contributed by atoms with E-state index in [9.17, 15) is 9.59 Å². The van der Waals surface area contributed by atoms with Gasteiger partial charge in [-0.25, -0.2) is 4.79 Å². The molecular formula is C12H13N5O2. The Balaban J connectivity index is 2.31. The van der Waals surface area contributed by atoms with Crippen molar-refractivity contribution in [1.29, 1.82) is 0 Å². The molecule has 4 N–H and O–H groups in total. The number of hydrogen-bond acceptors (Lipinski definition) is 4. The molecule has 1 saturated heterocycles. The van der Waals surface area contributed by atoms with Crippen LogP contribution in [0.1, 0.15) is 5.69 Å². The topological polar surface area (TPSA) is 102 Å². The van der Waals surface area contributed by atoms with Crippen LogP contribution in [0.3, 0.4) is 0 Å². The first-order valence-corrected chi connectivity index (χ1v) is 5.84. The van der Waals surface area contributed by atoms with E-state index in [1.54, 1.807) is 11.7 Å². The molecule has 7 heteroatoms. The Morgan fingerprint density at radius 2 is 2.11 bits per heavy atom. The molecule has 0 radical (unpaired) electrons. The summed E-state index contributed by atoms with van der Waals surface area (Å²) in [6.07, 6.45) is 0. The summed E-state index contributed by atoms with van der Waals surface area (Å²) in [4.78, 5) is 23.6. The Morgan fingerprint density at radius 1 is 1.37 bits per heavy atom. The summed E-state index contributed by atoms with van der Waals surface area (Å²) in [5.74, 6) is -0.450. The Labute approximate surface area is 108 Å². The summed E-state index contributed by atoms with van der Waals surface area (Å²) in [5.41, 5.74) is 5.84. The van der Waals surface area contributed by atoms with Crippen LogP contribution >= 0.6 is 0 Å². The van der Waals surface area contributed by atoms with Gasteiger partial charge in [0, 0.05) is 19.0 Å². The Morgan fingerprint density at radius 3 is 2.74 bits per heavy atom. The largest absolute Gasteiger partial charge is 0.327 e. The second kappa shape index (κ2) is 3.79. The van der Waals surface area contributed by atoms with Crippen LogP contribution < -0.4 is 16.4 Å². The van der Waals surface area contributed by atoms with E-state index in [1.165, 1.54) is 0 Å². The molecule has 1 aliphatic rings. The normalized spacial score (nSPS) is 22.6. The standard InChI is InChI=1S/C12H13N5O2/c1-17-9(7-4-2-3-5-8(7)16-17)12(6-13)10(18)14-11(19)15-12/h2-5H,6,13H2,1H3,(H2,14,15,18,19). The molecule has 1 aliphatic heterocycles. The molecule has 98 valence electrons. The molecular weight excluding hydrogens is 246 g/mol. The third kappa shape index (κ3) is 1.45. The molecule has 0 aliphatic carbocycles. The van der Waals surface area contributed by atoms with Crippen molar-refractivity contribution >= 4 is 22.8 Å². The molecule has 3 rings (SSSR count). The molecule has 1 fully saturated rings. The second-order valence-corrected chi connectivity index (χ2v) is 4.51. The molecule has 19 heavy (non-hydrogen) atoms. The van der Waals surface area contributed by atoms with Gasteiger partial charge in [0.2, 0.25) is 0 Å². The van der Waals surface area contributed by atoms with E-state index < -0.39 is 17.5 Å². The summed E-state index contributed by atoms with van der Waals surface area (Å²) in [6.45, 7) is -0.0336. The Kier molecular flexibility index (Phi) is 2.33. The number of aryl methyl sites for hydroxylation is 1. The van der Waals surface area contributed by atoms with Gasteiger partial charge < -0.3 is 11.1 Å². The molecule has 3 amide bonds. The van der Waals surface area contributed by atoms with Crippen molar-refractivity contribution in [3.63, 3.8) is 0 Å². The maximum atomic E-state index is 12.1. The van der Waals surface area contributed by atoms with Gasteiger partial charge in [-0.3, -0.25) is 14.8 Å². The van der Waals surface area contributed by atoms with Gasteiger partial charge in [0.25, 0.3) is 5.91 Å². The van der Waals surface area contributed by atoms with E-state index in [-0.39, 0.29) is 6.54 Å². The Hall–Kier alpha value is -2.41. The Bertz CT molecular complexity index is 692. The molecule has 1 unspecified atom stereocenters. The van der Waals surface area contributed by atoms with Gasteiger partial charge in [-0.2, -0.15) is 5.10 Å². The van der Waals surface area contributed by atoms with Crippen molar-refractivity contribution in [3.05, 3.63) is 30.0 Å². The summed E-state index contributed by atoms with van der Waals surface area (Å²) in [7, 11) is 1.73. The molecule has 7 nitrogen and oxygen atoms in total. The minimum atomic E-state index is -1.26. The number of imide groups is 1. The molecule has 0 saturated carbocycles. The smallest absolute Gasteiger partial charge is 0.322 e. The monoisotopic (exact) mass is 259 g/mol. The lowest BCUT2D eigenvalue weighted by Gasteiger charge is -2.24. The van der Waals surface area contributed by atoms with Crippen molar-refractivity contribution < 1.29 is 9.59 Å². The SMILES string of the molecule is Cn1nc2ccccc2c1C1(CN)NC(=O)NC1=O. The zero-order chi connectivity index (χ0) is 13.6. The summed E-state index contributed by atoms with van der Waals surface area (Å²) in [5, 5.41) is 9.98. The number of rotatable bonds is 2. The number of nitrogens with one attached hydrogen (secondary N) is 2. The average molecular weight is 259 g/mol. The fraction of sp³-hybridized carbons (Fsp3) is 0.250. The van der Waals surface area contributed by atoms with Gasteiger partial charge in [0.15, 0.2) is 5.54 Å². The van der Waals surface area contributed by atoms with Gasteiger partial charge in [-0.05, 0) is 6.07 Å². The van der Waals surface area contributed by atoms with Crippen molar-refractivity contribution in [2.24, 2.45) is 12.8 Å². The highest BCUT2D eigenvalue weighted by molar-refractivity contribution is 6.09. The van der Waals surface area contributed by atoms with Gasteiger partial charge in [-0.15, -0.1) is 0 Å². The van der Waals surface area contributed by atoms with Crippen molar-refractivity contribution in [2.75, 3.05) is 6.54 Å². The average Bonchev–Trinajstić information content (AvgIpc) is 2.86. The fourth-order valence-electron chi connectivity index (χ4n) is 2.55. The number of urea groups is 1. The number of carbonyl (C=O) groups is 2. The van der Waals surface area contributed by atoms with Gasteiger partial charge in [0.05, 0.1) is 11.2 Å². The van der Waals surface area contributed by atoms with Crippen molar-refractivity contribution in [1.82, 2.24) is 20.4 Å². The minimum Gasteiger partial charge on any atom is -0.327 e. The maximum Gasteiger partial charge on any atom is 0.322 e. The van der Waals surface area contributed by atoms with Crippen molar-refractivity contribution in [3.8, 4) is 0 Å². The van der Waals surface area contributed by atoms with Crippen LogP contribution in [0.5, 0.6) is 0 Å². The lowest BCUT2D eigenvalue weighted by molar-refractivity contribution is -0.124. The highest BCUT2D eigenvalue weighted by Gasteiger charge is 2.49. The number of amides is 3. The zero-order valence-electron chi connectivity index (χ0n) is 10.3. The van der Waals surface area contributed by atoms with Gasteiger partial charge >= 0.3 is 6.03 Å². The van der Waals surface area contributed by atoms with Crippen LogP contribution in [0.25, 0.3) is 10.9 Å². The van der Waals surface area contributed by atoms with Crippen molar-refractivity contribution in [2.45, 2.75) is 5.54 Å². The highest BCUT2D eigenvalue weighted by Crippen LogP contribution is 2.30. The zero-order valence-corrected chi connectivity index (χ0v) is 10.3. The number of hydrogen-bond donors (Lipinski definition) is 3. The first-order chi connectivity index (χ1) is 9.08. The molecule has 1 aromatic carbocycles. The third-order valence-electron chi connectivity index (χ3n) is 3.39. The number of nitrogens with zero attached hydrogens (tertiary/aromatic N) is 2. The molecule has 0 bridgehead atoms.